The summed E-state index contributed by atoms with van der Waals surface area (Å²) in [5.41, 5.74) is 3.34. The van der Waals surface area contributed by atoms with Gasteiger partial charge in [-0.2, -0.15) is 0 Å². The molecule has 2 aromatic rings. The van der Waals surface area contributed by atoms with Crippen molar-refractivity contribution < 1.29 is 14.1 Å². The molecule has 0 radical (unpaired) electrons. The normalized spacial score (nSPS) is 14.9. The van der Waals surface area contributed by atoms with Gasteiger partial charge in [0.05, 0.1) is 6.54 Å². The first-order chi connectivity index (χ1) is 10.3. The van der Waals surface area contributed by atoms with Gasteiger partial charge in [-0.3, -0.25) is 15.1 Å². The zero-order valence-corrected chi connectivity index (χ0v) is 11.4. The van der Waals surface area contributed by atoms with Gasteiger partial charge in [-0.1, -0.05) is 23.4 Å². The number of para-hydroxylation sites is 1. The second-order valence-electron chi connectivity index (χ2n) is 4.82. The van der Waals surface area contributed by atoms with Crippen LogP contribution in [0, 0.1) is 0 Å². The lowest BCUT2D eigenvalue weighted by molar-refractivity contribution is 0.0944. The van der Waals surface area contributed by atoms with Crippen LogP contribution in [0.5, 0.6) is 5.75 Å². The van der Waals surface area contributed by atoms with Crippen LogP contribution in [0.2, 0.25) is 0 Å². The Morgan fingerprint density at radius 3 is 3.14 bits per heavy atom. The number of nitrogen functional groups attached to an aromatic ring is 1. The fourth-order valence-corrected chi connectivity index (χ4v) is 2.30. The Morgan fingerprint density at radius 1 is 1.43 bits per heavy atom. The number of carbonyl (C=O) groups is 1. The number of hydrogen-bond acceptors (Lipinski definition) is 6. The van der Waals surface area contributed by atoms with Crippen molar-refractivity contribution in [2.75, 3.05) is 13.2 Å². The Hall–Kier alpha value is -2.38. The van der Waals surface area contributed by atoms with Crippen molar-refractivity contribution in [1.29, 1.82) is 0 Å². The van der Waals surface area contributed by atoms with Gasteiger partial charge >= 0.3 is 0 Å². The molecule has 1 amide bonds. The van der Waals surface area contributed by atoms with E-state index in [-0.39, 0.29) is 5.69 Å². The van der Waals surface area contributed by atoms with Crippen LogP contribution in [-0.4, -0.2) is 29.1 Å². The maximum atomic E-state index is 11.3. The molecule has 7 nitrogen and oxygen atoms in total. The SMILES string of the molecule is NNC(=O)c1cc(CN2CCOc3ccccc3C2)on1. The number of ether oxygens (including phenoxy) is 1. The van der Waals surface area contributed by atoms with Crippen molar-refractivity contribution in [3.63, 3.8) is 0 Å². The molecule has 110 valence electrons. The summed E-state index contributed by atoms with van der Waals surface area (Å²) in [6, 6.07) is 9.56. The van der Waals surface area contributed by atoms with Crippen molar-refractivity contribution in [1.82, 2.24) is 15.5 Å². The van der Waals surface area contributed by atoms with Crippen LogP contribution in [0.15, 0.2) is 34.9 Å². The van der Waals surface area contributed by atoms with E-state index in [0.29, 0.717) is 18.9 Å². The third-order valence-corrected chi connectivity index (χ3v) is 3.33. The molecule has 1 aliphatic rings. The Bertz CT molecular complexity index is 641. The Labute approximate surface area is 121 Å². The molecular weight excluding hydrogens is 272 g/mol. The van der Waals surface area contributed by atoms with Crippen LogP contribution < -0.4 is 16.0 Å². The third kappa shape index (κ3) is 3.04. The predicted molar refractivity (Wildman–Crippen MR) is 74.2 cm³/mol. The third-order valence-electron chi connectivity index (χ3n) is 3.33. The Morgan fingerprint density at radius 2 is 2.29 bits per heavy atom. The smallest absolute Gasteiger partial charge is 0.287 e. The second kappa shape index (κ2) is 5.94. The number of rotatable bonds is 3. The van der Waals surface area contributed by atoms with Crippen LogP contribution >= 0.6 is 0 Å². The van der Waals surface area contributed by atoms with Gasteiger partial charge in [0.1, 0.15) is 12.4 Å². The molecule has 0 fully saturated rings. The van der Waals surface area contributed by atoms with E-state index in [4.69, 9.17) is 15.1 Å². The summed E-state index contributed by atoms with van der Waals surface area (Å²) in [7, 11) is 0. The fraction of sp³-hybridized carbons (Fsp3) is 0.286. The van der Waals surface area contributed by atoms with Crippen LogP contribution in [-0.2, 0) is 13.1 Å². The first-order valence-corrected chi connectivity index (χ1v) is 6.66. The number of aromatic nitrogens is 1. The molecule has 0 bridgehead atoms. The number of hydrazine groups is 1. The number of nitrogens with two attached hydrogens (primary N) is 1. The van der Waals surface area contributed by atoms with E-state index < -0.39 is 5.91 Å². The van der Waals surface area contributed by atoms with Gasteiger partial charge in [0.25, 0.3) is 5.91 Å². The van der Waals surface area contributed by atoms with Crippen molar-refractivity contribution in [3.8, 4) is 5.75 Å². The largest absolute Gasteiger partial charge is 0.492 e. The lowest BCUT2D eigenvalue weighted by atomic mass is 10.2. The van der Waals surface area contributed by atoms with Gasteiger partial charge in [0, 0.05) is 24.7 Å². The molecule has 3 rings (SSSR count). The first kappa shape index (κ1) is 13.6. The average Bonchev–Trinajstić information content (AvgIpc) is 2.86. The zero-order chi connectivity index (χ0) is 14.7. The van der Waals surface area contributed by atoms with Crippen LogP contribution in [0.4, 0.5) is 0 Å². The lowest BCUT2D eigenvalue weighted by Gasteiger charge is -2.17. The molecule has 0 saturated heterocycles. The van der Waals surface area contributed by atoms with Crippen molar-refractivity contribution in [2.45, 2.75) is 13.1 Å². The first-order valence-electron chi connectivity index (χ1n) is 6.66. The number of hydrogen-bond donors (Lipinski definition) is 2. The Balaban J connectivity index is 1.70. The molecule has 1 aromatic heterocycles. The van der Waals surface area contributed by atoms with Gasteiger partial charge in [0.15, 0.2) is 11.5 Å². The standard InChI is InChI=1S/C14H16N4O3/c15-16-14(19)12-7-11(21-17-12)9-18-5-6-20-13-4-2-1-3-10(13)8-18/h1-4,7H,5-6,8-9,15H2,(H,16,19). The molecule has 1 aliphatic heterocycles. The highest BCUT2D eigenvalue weighted by molar-refractivity contribution is 5.91. The maximum absolute atomic E-state index is 11.3. The highest BCUT2D eigenvalue weighted by atomic mass is 16.5. The zero-order valence-electron chi connectivity index (χ0n) is 11.4. The highest BCUT2D eigenvalue weighted by Gasteiger charge is 2.18. The number of nitrogens with zero attached hydrogens (tertiary/aromatic N) is 2. The van der Waals surface area contributed by atoms with E-state index in [1.54, 1.807) is 6.07 Å². The monoisotopic (exact) mass is 288 g/mol. The van der Waals surface area contributed by atoms with Gasteiger partial charge < -0.3 is 9.26 Å². The summed E-state index contributed by atoms with van der Waals surface area (Å²) in [5.74, 6) is 6.14. The number of amides is 1. The molecule has 7 heteroatoms. The minimum atomic E-state index is -0.463. The van der Waals surface area contributed by atoms with E-state index in [1.807, 2.05) is 29.7 Å². The van der Waals surface area contributed by atoms with Crippen molar-refractivity contribution >= 4 is 5.91 Å². The quantitative estimate of drug-likeness (QED) is 0.490. The summed E-state index contributed by atoms with van der Waals surface area (Å²) in [5, 5.41) is 3.70. The van der Waals surface area contributed by atoms with E-state index in [0.717, 1.165) is 24.4 Å². The summed E-state index contributed by atoms with van der Waals surface area (Å²) in [4.78, 5) is 13.5. The topological polar surface area (TPSA) is 93.6 Å². The minimum Gasteiger partial charge on any atom is -0.492 e. The summed E-state index contributed by atoms with van der Waals surface area (Å²) < 4.78 is 10.9. The molecule has 3 N–H and O–H groups in total. The number of fused-ring (bicyclic) bond motifs is 1. The van der Waals surface area contributed by atoms with E-state index >= 15 is 0 Å². The van der Waals surface area contributed by atoms with Gasteiger partial charge in [-0.25, -0.2) is 5.84 Å². The average molecular weight is 288 g/mol. The number of benzene rings is 1. The summed E-state index contributed by atoms with van der Waals surface area (Å²) in [6.45, 7) is 2.70. The minimum absolute atomic E-state index is 0.180. The molecule has 0 spiro atoms. The van der Waals surface area contributed by atoms with E-state index in [1.165, 1.54) is 0 Å². The molecular formula is C14H16N4O3. The predicted octanol–water partition coefficient (Wildman–Crippen LogP) is 0.673. The van der Waals surface area contributed by atoms with Gasteiger partial charge in [0.2, 0.25) is 0 Å². The van der Waals surface area contributed by atoms with E-state index in [9.17, 15) is 4.79 Å². The molecule has 0 saturated carbocycles. The highest BCUT2D eigenvalue weighted by Crippen LogP contribution is 2.23. The summed E-state index contributed by atoms with van der Waals surface area (Å²) >= 11 is 0. The number of nitrogens with one attached hydrogen (secondary N) is 1. The van der Waals surface area contributed by atoms with Gasteiger partial charge in [-0.15, -0.1) is 0 Å². The molecule has 0 atom stereocenters. The molecule has 21 heavy (non-hydrogen) atoms. The fourth-order valence-electron chi connectivity index (χ4n) is 2.30. The van der Waals surface area contributed by atoms with Gasteiger partial charge in [-0.05, 0) is 6.07 Å². The Kier molecular flexibility index (Phi) is 3.85. The van der Waals surface area contributed by atoms with Crippen LogP contribution in [0.3, 0.4) is 0 Å². The van der Waals surface area contributed by atoms with Crippen LogP contribution in [0.1, 0.15) is 21.8 Å². The van der Waals surface area contributed by atoms with Crippen molar-refractivity contribution in [2.24, 2.45) is 5.84 Å². The van der Waals surface area contributed by atoms with Crippen LogP contribution in [0.25, 0.3) is 0 Å². The molecule has 1 aromatic carbocycles. The second-order valence-corrected chi connectivity index (χ2v) is 4.82. The van der Waals surface area contributed by atoms with Crippen molar-refractivity contribution in [3.05, 3.63) is 47.3 Å². The number of carbonyl (C=O) groups excluding carboxylic acids is 1. The van der Waals surface area contributed by atoms with E-state index in [2.05, 4.69) is 10.1 Å². The molecule has 2 heterocycles. The maximum Gasteiger partial charge on any atom is 0.287 e. The summed E-state index contributed by atoms with van der Waals surface area (Å²) in [6.07, 6.45) is 0. The molecule has 0 unspecified atom stereocenters. The molecule has 0 aliphatic carbocycles. The lowest BCUT2D eigenvalue weighted by Crippen LogP contribution is -2.30.